The van der Waals surface area contributed by atoms with Gasteiger partial charge in [0.2, 0.25) is 0 Å². The van der Waals surface area contributed by atoms with E-state index in [-0.39, 0.29) is 24.0 Å². The van der Waals surface area contributed by atoms with Gasteiger partial charge in [-0.1, -0.05) is 0 Å². The predicted octanol–water partition coefficient (Wildman–Crippen LogP) is 2.60. The van der Waals surface area contributed by atoms with E-state index in [1.165, 1.54) is 10.4 Å². The lowest BCUT2D eigenvalue weighted by Gasteiger charge is -2.23. The topological polar surface area (TPSA) is 56.7 Å². The van der Waals surface area contributed by atoms with E-state index in [0.717, 1.165) is 30.4 Å². The summed E-state index contributed by atoms with van der Waals surface area (Å²) in [4.78, 5) is 5.88. The summed E-state index contributed by atoms with van der Waals surface area (Å²) in [6.45, 7) is 6.23. The number of nitrogens with one attached hydrogen (secondary N) is 2. The van der Waals surface area contributed by atoms with Crippen molar-refractivity contribution in [1.29, 1.82) is 0 Å². The van der Waals surface area contributed by atoms with Crippen LogP contribution in [0.25, 0.3) is 0 Å². The Balaban J connectivity index is 0.00000220. The van der Waals surface area contributed by atoms with Crippen molar-refractivity contribution in [1.82, 2.24) is 10.6 Å². The van der Waals surface area contributed by atoms with Crippen molar-refractivity contribution in [2.75, 3.05) is 24.6 Å². The maximum Gasteiger partial charge on any atom is 0.191 e. The average molecular weight is 441 g/mol. The lowest BCUT2D eigenvalue weighted by atomic mass is 10.0. The van der Waals surface area contributed by atoms with Gasteiger partial charge in [0.15, 0.2) is 5.96 Å². The third kappa shape index (κ3) is 5.96. The summed E-state index contributed by atoms with van der Waals surface area (Å²) in [6, 6.07) is 2.12. The summed E-state index contributed by atoms with van der Waals surface area (Å²) in [5, 5.41) is 18.9. The number of guanidine groups is 1. The summed E-state index contributed by atoms with van der Waals surface area (Å²) >= 11 is 3.55. The summed E-state index contributed by atoms with van der Waals surface area (Å²) < 4.78 is 0. The minimum atomic E-state index is -0.584. The molecular weight excluding hydrogens is 417 g/mol. The minimum absolute atomic E-state index is 0. The number of aliphatic hydroxyl groups is 1. The van der Waals surface area contributed by atoms with Gasteiger partial charge >= 0.3 is 0 Å². The Morgan fingerprint density at radius 1 is 1.48 bits per heavy atom. The van der Waals surface area contributed by atoms with Gasteiger partial charge in [-0.2, -0.15) is 11.8 Å². The first-order chi connectivity index (χ1) is 9.63. The molecule has 4 nitrogen and oxygen atoms in total. The van der Waals surface area contributed by atoms with Crippen LogP contribution in [0.5, 0.6) is 0 Å². The van der Waals surface area contributed by atoms with Gasteiger partial charge in [-0.3, -0.25) is 0 Å². The van der Waals surface area contributed by atoms with E-state index >= 15 is 0 Å². The molecule has 1 aliphatic heterocycles. The molecule has 1 unspecified atom stereocenters. The number of hydrogen-bond acceptors (Lipinski definition) is 4. The molecule has 1 aliphatic rings. The highest BCUT2D eigenvalue weighted by molar-refractivity contribution is 14.0. The molecule has 21 heavy (non-hydrogen) atoms. The molecular formula is C14H24IN3OS2. The lowest BCUT2D eigenvalue weighted by molar-refractivity contribution is 0.0724. The Morgan fingerprint density at radius 2 is 2.29 bits per heavy atom. The number of rotatable bonds is 5. The maximum absolute atomic E-state index is 10.3. The number of thiophene rings is 1. The Kier molecular flexibility index (Phi) is 8.36. The smallest absolute Gasteiger partial charge is 0.191 e. The van der Waals surface area contributed by atoms with E-state index < -0.39 is 5.60 Å². The molecule has 1 aromatic heterocycles. The van der Waals surface area contributed by atoms with Crippen LogP contribution in [0.15, 0.2) is 16.4 Å². The molecule has 3 N–H and O–H groups in total. The van der Waals surface area contributed by atoms with E-state index in [9.17, 15) is 5.11 Å². The summed E-state index contributed by atoms with van der Waals surface area (Å²) in [7, 11) is 0. The fourth-order valence-electron chi connectivity index (χ4n) is 2.04. The van der Waals surface area contributed by atoms with Crippen LogP contribution in [0, 0.1) is 6.92 Å². The maximum atomic E-state index is 10.3. The second-order valence-electron chi connectivity index (χ2n) is 5.10. The standard InChI is InChI=1S/C14H23N3OS2.HI/c1-3-15-13(16-8-12-11(2)4-6-20-12)17-9-14(18)5-7-19-10-14;/h4,6,18H,3,5,7-10H2,1-2H3,(H2,15,16,17);1H. The highest BCUT2D eigenvalue weighted by Crippen LogP contribution is 2.26. The molecule has 1 fully saturated rings. The molecule has 7 heteroatoms. The van der Waals surface area contributed by atoms with Gasteiger partial charge in [0.05, 0.1) is 12.1 Å². The van der Waals surface area contributed by atoms with Crippen LogP contribution in [0.4, 0.5) is 0 Å². The zero-order valence-corrected chi connectivity index (χ0v) is 16.5. The zero-order valence-electron chi connectivity index (χ0n) is 12.5. The fourth-order valence-corrected chi connectivity index (χ4v) is 4.17. The van der Waals surface area contributed by atoms with E-state index in [4.69, 9.17) is 0 Å². The van der Waals surface area contributed by atoms with Crippen LogP contribution in [-0.2, 0) is 6.54 Å². The molecule has 2 heterocycles. The van der Waals surface area contributed by atoms with E-state index in [1.54, 1.807) is 11.3 Å². The predicted molar refractivity (Wildman–Crippen MR) is 104 cm³/mol. The number of halogens is 1. The molecule has 0 aliphatic carbocycles. The van der Waals surface area contributed by atoms with Gasteiger partial charge in [-0.25, -0.2) is 4.99 Å². The molecule has 0 radical (unpaired) electrons. The van der Waals surface area contributed by atoms with Crippen LogP contribution in [0.2, 0.25) is 0 Å². The third-order valence-electron chi connectivity index (χ3n) is 3.36. The number of nitrogens with zero attached hydrogens (tertiary/aromatic N) is 1. The molecule has 0 amide bonds. The second-order valence-corrected chi connectivity index (χ2v) is 7.21. The van der Waals surface area contributed by atoms with Gasteiger partial charge < -0.3 is 15.7 Å². The fraction of sp³-hybridized carbons (Fsp3) is 0.643. The number of aliphatic imine (C=N–C) groups is 1. The first-order valence-corrected chi connectivity index (χ1v) is 9.02. The third-order valence-corrected chi connectivity index (χ3v) is 5.60. The molecule has 1 aromatic rings. The van der Waals surface area contributed by atoms with Gasteiger partial charge in [0.1, 0.15) is 0 Å². The van der Waals surface area contributed by atoms with Crippen LogP contribution in [0.3, 0.4) is 0 Å². The molecule has 0 saturated carbocycles. The molecule has 2 rings (SSSR count). The van der Waals surface area contributed by atoms with Crippen molar-refractivity contribution >= 4 is 53.0 Å². The largest absolute Gasteiger partial charge is 0.387 e. The SMILES string of the molecule is CCNC(=NCc1sccc1C)NCC1(O)CCSC1.I. The van der Waals surface area contributed by atoms with Gasteiger partial charge in [-0.05, 0) is 43.0 Å². The summed E-state index contributed by atoms with van der Waals surface area (Å²) in [6.07, 6.45) is 0.855. The van der Waals surface area contributed by atoms with Gasteiger partial charge in [0, 0.05) is 23.7 Å². The molecule has 0 aromatic carbocycles. The summed E-state index contributed by atoms with van der Waals surface area (Å²) in [5.41, 5.74) is 0.708. The minimum Gasteiger partial charge on any atom is -0.387 e. The number of aryl methyl sites for hydroxylation is 1. The van der Waals surface area contributed by atoms with Crippen molar-refractivity contribution < 1.29 is 5.11 Å². The normalized spacial score (nSPS) is 22.0. The Labute approximate surface area is 152 Å². The lowest BCUT2D eigenvalue weighted by Crippen LogP contribution is -2.47. The van der Waals surface area contributed by atoms with Crippen LogP contribution in [-0.4, -0.2) is 41.3 Å². The Bertz CT molecular complexity index is 459. The number of thioether (sulfide) groups is 1. The monoisotopic (exact) mass is 441 g/mol. The highest BCUT2D eigenvalue weighted by atomic mass is 127. The number of hydrogen-bond donors (Lipinski definition) is 3. The van der Waals surface area contributed by atoms with Crippen molar-refractivity contribution in [2.45, 2.75) is 32.4 Å². The Hall–Kier alpha value is 0.01000. The Morgan fingerprint density at radius 3 is 2.86 bits per heavy atom. The van der Waals surface area contributed by atoms with E-state index in [1.807, 2.05) is 18.7 Å². The highest BCUT2D eigenvalue weighted by Gasteiger charge is 2.31. The van der Waals surface area contributed by atoms with Crippen molar-refractivity contribution in [3.8, 4) is 0 Å². The molecule has 120 valence electrons. The first kappa shape index (κ1) is 19.1. The van der Waals surface area contributed by atoms with Crippen molar-refractivity contribution in [2.24, 2.45) is 4.99 Å². The second kappa shape index (κ2) is 9.22. The quantitative estimate of drug-likeness (QED) is 0.374. The first-order valence-electron chi connectivity index (χ1n) is 6.98. The van der Waals surface area contributed by atoms with E-state index in [0.29, 0.717) is 13.1 Å². The van der Waals surface area contributed by atoms with Crippen molar-refractivity contribution in [3.05, 3.63) is 21.9 Å². The molecule has 1 saturated heterocycles. The average Bonchev–Trinajstić information content (AvgIpc) is 3.03. The van der Waals surface area contributed by atoms with Gasteiger partial charge in [-0.15, -0.1) is 35.3 Å². The summed E-state index contributed by atoms with van der Waals surface area (Å²) in [5.74, 6) is 2.63. The van der Waals surface area contributed by atoms with Crippen LogP contribution in [0.1, 0.15) is 23.8 Å². The zero-order chi connectivity index (χ0) is 14.4. The van der Waals surface area contributed by atoms with Crippen LogP contribution < -0.4 is 10.6 Å². The molecule has 1 atom stereocenters. The molecule has 0 bridgehead atoms. The van der Waals surface area contributed by atoms with Crippen LogP contribution >= 0.6 is 47.1 Å². The molecule has 0 spiro atoms. The van der Waals surface area contributed by atoms with E-state index in [2.05, 4.69) is 34.0 Å². The van der Waals surface area contributed by atoms with Crippen molar-refractivity contribution in [3.63, 3.8) is 0 Å². The van der Waals surface area contributed by atoms with Gasteiger partial charge in [0.25, 0.3) is 0 Å².